The van der Waals surface area contributed by atoms with Crippen molar-refractivity contribution in [3.8, 4) is 0 Å². The summed E-state index contributed by atoms with van der Waals surface area (Å²) in [6.07, 6.45) is 7.79. The summed E-state index contributed by atoms with van der Waals surface area (Å²) in [7, 11) is 0. The molecule has 0 N–H and O–H groups in total. The van der Waals surface area contributed by atoms with Crippen LogP contribution in [-0.4, -0.2) is 21.9 Å². The van der Waals surface area contributed by atoms with E-state index < -0.39 is 0 Å². The van der Waals surface area contributed by atoms with Gasteiger partial charge in [-0.2, -0.15) is 0 Å². The zero-order chi connectivity index (χ0) is 15.2. The average Bonchev–Trinajstić information content (AvgIpc) is 3.07. The average molecular weight is 316 g/mol. The first-order chi connectivity index (χ1) is 10.7. The maximum absolute atomic E-state index is 5.71. The highest BCUT2D eigenvalue weighted by Gasteiger charge is 2.47. The number of aromatic nitrogens is 1. The predicted octanol–water partition coefficient (Wildman–Crippen LogP) is 5.05. The van der Waals surface area contributed by atoms with E-state index in [-0.39, 0.29) is 0 Å². The van der Waals surface area contributed by atoms with Crippen LogP contribution in [0.25, 0.3) is 11.1 Å². The van der Waals surface area contributed by atoms with Crippen molar-refractivity contribution in [1.29, 1.82) is 0 Å². The molecule has 1 aromatic carbocycles. The van der Waals surface area contributed by atoms with E-state index in [1.54, 1.807) is 0 Å². The third-order valence-corrected chi connectivity index (χ3v) is 6.51. The Balaban J connectivity index is 1.54. The second-order valence-corrected chi connectivity index (χ2v) is 8.00. The van der Waals surface area contributed by atoms with Crippen LogP contribution in [0.2, 0.25) is 0 Å². The molecule has 0 bridgehead atoms. The number of hydrogen-bond acceptors (Lipinski definition) is 4. The van der Waals surface area contributed by atoms with Gasteiger partial charge in [0, 0.05) is 23.9 Å². The Bertz CT molecular complexity index is 677. The molecule has 1 aromatic heterocycles. The van der Waals surface area contributed by atoms with Crippen LogP contribution in [0.4, 0.5) is 0 Å². The van der Waals surface area contributed by atoms with Gasteiger partial charge in [0.1, 0.15) is 5.52 Å². The van der Waals surface area contributed by atoms with Gasteiger partial charge in [-0.05, 0) is 61.2 Å². The molecular weight excluding hydrogens is 292 g/mol. The van der Waals surface area contributed by atoms with Gasteiger partial charge in [-0.25, -0.2) is 9.29 Å². The molecule has 0 radical (unpaired) electrons. The van der Waals surface area contributed by atoms with Crippen molar-refractivity contribution in [2.75, 3.05) is 6.54 Å². The van der Waals surface area contributed by atoms with Crippen LogP contribution in [0.15, 0.2) is 27.5 Å². The van der Waals surface area contributed by atoms with E-state index in [0.717, 1.165) is 29.5 Å². The summed E-state index contributed by atoms with van der Waals surface area (Å²) >= 11 is 1.92. The van der Waals surface area contributed by atoms with Gasteiger partial charge in [0.25, 0.3) is 0 Å². The highest BCUT2D eigenvalue weighted by atomic mass is 32.2. The number of hydrogen-bond donors (Lipinski definition) is 0. The lowest BCUT2D eigenvalue weighted by Gasteiger charge is -2.38. The van der Waals surface area contributed by atoms with Crippen LogP contribution in [0, 0.1) is 5.41 Å². The number of rotatable bonds is 4. The summed E-state index contributed by atoms with van der Waals surface area (Å²) in [6.45, 7) is 5.66. The molecule has 1 saturated heterocycles. The normalized spacial score (nSPS) is 24.2. The summed E-state index contributed by atoms with van der Waals surface area (Å²) in [4.78, 5) is 5.85. The molecule has 118 valence electrons. The minimum absolute atomic E-state index is 0.640. The standard InChI is InChI=1S/C18H24N2OS/c1-3-13-11-18(8-5-9-18)12-20(13)22-14-6-7-16-15(10-14)19-17(4-2)21-16/h6-7,10,13H,3-5,8-9,11-12H2,1-2H3. The molecule has 2 fully saturated rings. The summed E-state index contributed by atoms with van der Waals surface area (Å²) in [6, 6.07) is 7.15. The van der Waals surface area contributed by atoms with Crippen LogP contribution < -0.4 is 0 Å². The summed E-state index contributed by atoms with van der Waals surface area (Å²) < 4.78 is 8.34. The number of benzene rings is 1. The Kier molecular flexibility index (Phi) is 3.69. The maximum Gasteiger partial charge on any atom is 0.195 e. The van der Waals surface area contributed by atoms with Crippen molar-refractivity contribution in [2.45, 2.75) is 63.3 Å². The van der Waals surface area contributed by atoms with Crippen molar-refractivity contribution in [3.05, 3.63) is 24.1 Å². The van der Waals surface area contributed by atoms with Crippen molar-refractivity contribution < 1.29 is 4.42 Å². The Morgan fingerprint density at radius 2 is 2.23 bits per heavy atom. The first-order valence-electron chi connectivity index (χ1n) is 8.55. The van der Waals surface area contributed by atoms with E-state index in [1.165, 1.54) is 43.5 Å². The number of nitrogens with zero attached hydrogens (tertiary/aromatic N) is 2. The van der Waals surface area contributed by atoms with Crippen LogP contribution in [-0.2, 0) is 6.42 Å². The first kappa shape index (κ1) is 14.6. The largest absolute Gasteiger partial charge is 0.441 e. The second kappa shape index (κ2) is 5.57. The molecule has 0 amide bonds. The molecule has 1 spiro atoms. The smallest absolute Gasteiger partial charge is 0.195 e. The van der Waals surface area contributed by atoms with Crippen LogP contribution in [0.3, 0.4) is 0 Å². The molecule has 22 heavy (non-hydrogen) atoms. The molecule has 4 heteroatoms. The van der Waals surface area contributed by atoms with Crippen LogP contribution >= 0.6 is 11.9 Å². The Labute approximate surface area is 136 Å². The zero-order valence-electron chi connectivity index (χ0n) is 13.5. The van der Waals surface area contributed by atoms with E-state index in [2.05, 4.69) is 41.3 Å². The molecule has 1 unspecified atom stereocenters. The monoisotopic (exact) mass is 316 g/mol. The van der Waals surface area contributed by atoms with Gasteiger partial charge in [-0.3, -0.25) is 0 Å². The van der Waals surface area contributed by atoms with Gasteiger partial charge in [-0.15, -0.1) is 0 Å². The minimum Gasteiger partial charge on any atom is -0.441 e. The van der Waals surface area contributed by atoms with Crippen LogP contribution in [0.1, 0.15) is 51.8 Å². The van der Waals surface area contributed by atoms with Gasteiger partial charge in [-0.1, -0.05) is 20.3 Å². The molecule has 4 rings (SSSR count). The van der Waals surface area contributed by atoms with Gasteiger partial charge in [0.2, 0.25) is 0 Å². The fourth-order valence-electron chi connectivity index (χ4n) is 3.92. The number of fused-ring (bicyclic) bond motifs is 1. The van der Waals surface area contributed by atoms with E-state index in [4.69, 9.17) is 4.42 Å². The molecular formula is C18H24N2OS. The maximum atomic E-state index is 5.71. The van der Waals surface area contributed by atoms with Crippen molar-refractivity contribution in [3.63, 3.8) is 0 Å². The van der Waals surface area contributed by atoms with E-state index >= 15 is 0 Å². The molecule has 1 aliphatic carbocycles. The fourth-order valence-corrected chi connectivity index (χ4v) is 5.19. The van der Waals surface area contributed by atoms with Gasteiger partial charge in [0.15, 0.2) is 11.5 Å². The molecule has 1 saturated carbocycles. The Morgan fingerprint density at radius 3 is 2.91 bits per heavy atom. The molecule has 3 nitrogen and oxygen atoms in total. The number of aryl methyl sites for hydroxylation is 1. The highest BCUT2D eigenvalue weighted by molar-refractivity contribution is 7.97. The zero-order valence-corrected chi connectivity index (χ0v) is 14.3. The Morgan fingerprint density at radius 1 is 1.36 bits per heavy atom. The summed E-state index contributed by atoms with van der Waals surface area (Å²) in [5.41, 5.74) is 2.54. The summed E-state index contributed by atoms with van der Waals surface area (Å²) in [5, 5.41) is 0. The van der Waals surface area contributed by atoms with E-state index in [1.807, 2.05) is 11.9 Å². The lowest BCUT2D eigenvalue weighted by atomic mass is 9.67. The predicted molar refractivity (Wildman–Crippen MR) is 90.9 cm³/mol. The fraction of sp³-hybridized carbons (Fsp3) is 0.611. The van der Waals surface area contributed by atoms with Crippen LogP contribution in [0.5, 0.6) is 0 Å². The third kappa shape index (κ3) is 2.46. The summed E-state index contributed by atoms with van der Waals surface area (Å²) in [5.74, 6) is 0.832. The van der Waals surface area contributed by atoms with Gasteiger partial charge in [0.05, 0.1) is 0 Å². The van der Waals surface area contributed by atoms with E-state index in [0.29, 0.717) is 5.41 Å². The molecule has 1 aliphatic heterocycles. The minimum atomic E-state index is 0.640. The molecule has 2 aliphatic rings. The quantitative estimate of drug-likeness (QED) is 0.738. The number of oxazole rings is 1. The first-order valence-corrected chi connectivity index (χ1v) is 9.33. The van der Waals surface area contributed by atoms with Crippen molar-refractivity contribution >= 4 is 23.0 Å². The van der Waals surface area contributed by atoms with Crippen molar-refractivity contribution in [2.24, 2.45) is 5.41 Å². The van der Waals surface area contributed by atoms with Gasteiger partial charge >= 0.3 is 0 Å². The Hall–Kier alpha value is -1.00. The lowest BCUT2D eigenvalue weighted by molar-refractivity contribution is 0.153. The SMILES string of the molecule is CCc1nc2cc(SN3CC4(CCC4)CC3CC)ccc2o1. The second-order valence-electron chi connectivity index (χ2n) is 6.88. The third-order valence-electron chi connectivity index (χ3n) is 5.38. The molecule has 2 aromatic rings. The highest BCUT2D eigenvalue weighted by Crippen LogP contribution is 2.53. The lowest BCUT2D eigenvalue weighted by Crippen LogP contribution is -2.31. The van der Waals surface area contributed by atoms with E-state index in [9.17, 15) is 0 Å². The van der Waals surface area contributed by atoms with Gasteiger partial charge < -0.3 is 4.42 Å². The molecule has 1 atom stereocenters. The topological polar surface area (TPSA) is 29.3 Å². The molecule has 2 heterocycles. The van der Waals surface area contributed by atoms with Crippen molar-refractivity contribution in [1.82, 2.24) is 9.29 Å².